The Labute approximate surface area is 108 Å². The molecular formula is C13H22N4O. The number of amides is 1. The molecule has 1 aliphatic heterocycles. The van der Waals surface area contributed by atoms with E-state index in [1.807, 2.05) is 31.9 Å². The first-order chi connectivity index (χ1) is 8.49. The van der Waals surface area contributed by atoms with Crippen LogP contribution in [0.4, 0.5) is 0 Å². The lowest BCUT2D eigenvalue weighted by atomic mass is 9.91. The van der Waals surface area contributed by atoms with E-state index in [4.69, 9.17) is 5.73 Å². The third-order valence-corrected chi connectivity index (χ3v) is 3.79. The number of nitrogens with two attached hydrogens (primary N) is 1. The zero-order valence-electron chi connectivity index (χ0n) is 11.4. The summed E-state index contributed by atoms with van der Waals surface area (Å²) in [7, 11) is 1.81. The Morgan fingerprint density at radius 2 is 2.11 bits per heavy atom. The van der Waals surface area contributed by atoms with Crippen LogP contribution in [0.1, 0.15) is 35.9 Å². The van der Waals surface area contributed by atoms with Crippen LogP contribution in [0.2, 0.25) is 0 Å². The van der Waals surface area contributed by atoms with E-state index in [1.54, 1.807) is 4.68 Å². The van der Waals surface area contributed by atoms with Gasteiger partial charge in [-0.15, -0.1) is 0 Å². The second kappa shape index (κ2) is 5.10. The van der Waals surface area contributed by atoms with E-state index >= 15 is 0 Å². The predicted molar refractivity (Wildman–Crippen MR) is 70.2 cm³/mol. The molecule has 1 amide bonds. The lowest BCUT2D eigenvalue weighted by Crippen LogP contribution is -2.43. The van der Waals surface area contributed by atoms with Crippen molar-refractivity contribution in [3.63, 3.8) is 0 Å². The summed E-state index contributed by atoms with van der Waals surface area (Å²) in [5.41, 5.74) is 7.46. The molecule has 1 atom stereocenters. The minimum absolute atomic E-state index is 0.0845. The van der Waals surface area contributed by atoms with Crippen molar-refractivity contribution in [2.24, 2.45) is 18.7 Å². The quantitative estimate of drug-likeness (QED) is 0.849. The summed E-state index contributed by atoms with van der Waals surface area (Å²) in [6.07, 6.45) is 2.00. The van der Waals surface area contributed by atoms with Crippen molar-refractivity contribution in [2.75, 3.05) is 13.1 Å². The topological polar surface area (TPSA) is 64.2 Å². The van der Waals surface area contributed by atoms with Gasteiger partial charge in [0.05, 0.1) is 5.69 Å². The number of aromatic nitrogens is 2. The second-order valence-electron chi connectivity index (χ2n) is 5.28. The van der Waals surface area contributed by atoms with Crippen molar-refractivity contribution in [3.05, 3.63) is 17.5 Å². The molecule has 100 valence electrons. The Hall–Kier alpha value is -1.36. The molecule has 1 saturated heterocycles. The maximum atomic E-state index is 12.3. The SMILES string of the molecule is Cc1cc(C(=O)N2CCC(C(C)N)CC2)n(C)n1. The van der Waals surface area contributed by atoms with Crippen LogP contribution in [0.5, 0.6) is 0 Å². The van der Waals surface area contributed by atoms with Crippen molar-refractivity contribution in [3.8, 4) is 0 Å². The van der Waals surface area contributed by atoms with Gasteiger partial charge < -0.3 is 10.6 Å². The fourth-order valence-corrected chi connectivity index (χ4v) is 2.60. The van der Waals surface area contributed by atoms with Crippen LogP contribution in [0.25, 0.3) is 0 Å². The molecule has 5 nitrogen and oxygen atoms in total. The summed E-state index contributed by atoms with van der Waals surface area (Å²) in [6, 6.07) is 2.07. The first-order valence-corrected chi connectivity index (χ1v) is 6.54. The summed E-state index contributed by atoms with van der Waals surface area (Å²) < 4.78 is 1.66. The van der Waals surface area contributed by atoms with Gasteiger partial charge in [-0.2, -0.15) is 5.10 Å². The number of hydrogen-bond acceptors (Lipinski definition) is 3. The van der Waals surface area contributed by atoms with E-state index in [1.165, 1.54) is 0 Å². The molecular weight excluding hydrogens is 228 g/mol. The first kappa shape index (κ1) is 13.1. The highest BCUT2D eigenvalue weighted by Gasteiger charge is 2.26. The molecule has 2 N–H and O–H groups in total. The second-order valence-corrected chi connectivity index (χ2v) is 5.28. The smallest absolute Gasteiger partial charge is 0.272 e. The van der Waals surface area contributed by atoms with E-state index in [0.29, 0.717) is 11.6 Å². The maximum absolute atomic E-state index is 12.3. The average Bonchev–Trinajstić information content (AvgIpc) is 2.67. The first-order valence-electron chi connectivity index (χ1n) is 6.54. The van der Waals surface area contributed by atoms with Crippen LogP contribution < -0.4 is 5.73 Å². The van der Waals surface area contributed by atoms with Gasteiger partial charge in [0, 0.05) is 26.2 Å². The number of aryl methyl sites for hydroxylation is 2. The van der Waals surface area contributed by atoms with Crippen molar-refractivity contribution < 1.29 is 4.79 Å². The average molecular weight is 250 g/mol. The third-order valence-electron chi connectivity index (χ3n) is 3.79. The zero-order valence-corrected chi connectivity index (χ0v) is 11.4. The number of hydrogen-bond donors (Lipinski definition) is 1. The number of rotatable bonds is 2. The molecule has 5 heteroatoms. The lowest BCUT2D eigenvalue weighted by molar-refractivity contribution is 0.0670. The Bertz CT molecular complexity index is 430. The Balaban J connectivity index is 2.02. The van der Waals surface area contributed by atoms with Gasteiger partial charge in [0.1, 0.15) is 5.69 Å². The van der Waals surface area contributed by atoms with Crippen molar-refractivity contribution >= 4 is 5.91 Å². The number of nitrogens with zero attached hydrogens (tertiary/aromatic N) is 3. The van der Waals surface area contributed by atoms with Crippen molar-refractivity contribution in [2.45, 2.75) is 32.7 Å². The summed E-state index contributed by atoms with van der Waals surface area (Å²) in [4.78, 5) is 14.3. The number of likely N-dealkylation sites (tertiary alicyclic amines) is 1. The van der Waals surface area contributed by atoms with Gasteiger partial charge in [-0.3, -0.25) is 9.48 Å². The van der Waals surface area contributed by atoms with Gasteiger partial charge in [-0.05, 0) is 38.7 Å². The fourth-order valence-electron chi connectivity index (χ4n) is 2.60. The molecule has 18 heavy (non-hydrogen) atoms. The molecule has 0 saturated carbocycles. The molecule has 1 aromatic rings. The molecule has 0 spiro atoms. The van der Waals surface area contributed by atoms with Gasteiger partial charge >= 0.3 is 0 Å². The van der Waals surface area contributed by atoms with Crippen molar-refractivity contribution in [1.29, 1.82) is 0 Å². The maximum Gasteiger partial charge on any atom is 0.272 e. The van der Waals surface area contributed by atoms with Gasteiger partial charge in [-0.1, -0.05) is 0 Å². The fraction of sp³-hybridized carbons (Fsp3) is 0.692. The van der Waals surface area contributed by atoms with Gasteiger partial charge in [-0.25, -0.2) is 0 Å². The molecule has 0 aliphatic carbocycles. The van der Waals surface area contributed by atoms with E-state index in [9.17, 15) is 4.79 Å². The Morgan fingerprint density at radius 3 is 2.56 bits per heavy atom. The van der Waals surface area contributed by atoms with E-state index in [-0.39, 0.29) is 11.9 Å². The van der Waals surface area contributed by atoms with E-state index in [2.05, 4.69) is 5.10 Å². The van der Waals surface area contributed by atoms with Crippen LogP contribution in [0, 0.1) is 12.8 Å². The monoisotopic (exact) mass is 250 g/mol. The Morgan fingerprint density at radius 1 is 1.50 bits per heavy atom. The highest BCUT2D eigenvalue weighted by molar-refractivity contribution is 5.92. The van der Waals surface area contributed by atoms with Gasteiger partial charge in [0.2, 0.25) is 0 Å². The Kier molecular flexibility index (Phi) is 3.71. The number of carbonyl (C=O) groups is 1. The molecule has 1 unspecified atom stereocenters. The standard InChI is InChI=1S/C13H22N4O/c1-9-8-12(16(3)15-9)13(18)17-6-4-11(5-7-17)10(2)14/h8,10-11H,4-7,14H2,1-3H3. The highest BCUT2D eigenvalue weighted by atomic mass is 16.2. The molecule has 1 aliphatic rings. The largest absolute Gasteiger partial charge is 0.337 e. The third kappa shape index (κ3) is 2.56. The zero-order chi connectivity index (χ0) is 13.3. The minimum Gasteiger partial charge on any atom is -0.337 e. The molecule has 0 aromatic carbocycles. The molecule has 0 bridgehead atoms. The highest BCUT2D eigenvalue weighted by Crippen LogP contribution is 2.21. The molecule has 0 radical (unpaired) electrons. The van der Waals surface area contributed by atoms with Crippen LogP contribution in [-0.4, -0.2) is 39.7 Å². The van der Waals surface area contributed by atoms with E-state index < -0.39 is 0 Å². The van der Waals surface area contributed by atoms with Crippen LogP contribution in [0.3, 0.4) is 0 Å². The molecule has 1 fully saturated rings. The predicted octanol–water partition coefficient (Wildman–Crippen LogP) is 0.928. The summed E-state index contributed by atoms with van der Waals surface area (Å²) in [5.74, 6) is 0.628. The minimum atomic E-state index is 0.0845. The summed E-state index contributed by atoms with van der Waals surface area (Å²) in [5, 5.41) is 4.22. The summed E-state index contributed by atoms with van der Waals surface area (Å²) >= 11 is 0. The van der Waals surface area contributed by atoms with Crippen LogP contribution in [-0.2, 0) is 7.05 Å². The van der Waals surface area contributed by atoms with E-state index in [0.717, 1.165) is 31.6 Å². The van der Waals surface area contributed by atoms with Crippen LogP contribution in [0.15, 0.2) is 6.07 Å². The molecule has 2 rings (SSSR count). The van der Waals surface area contributed by atoms with Crippen LogP contribution >= 0.6 is 0 Å². The number of carbonyl (C=O) groups excluding carboxylic acids is 1. The van der Waals surface area contributed by atoms with Crippen molar-refractivity contribution in [1.82, 2.24) is 14.7 Å². The summed E-state index contributed by atoms with van der Waals surface area (Å²) in [6.45, 7) is 5.55. The van der Waals surface area contributed by atoms with Gasteiger partial charge in [0.25, 0.3) is 5.91 Å². The molecule has 1 aromatic heterocycles. The molecule has 2 heterocycles. The van der Waals surface area contributed by atoms with Gasteiger partial charge in [0.15, 0.2) is 0 Å². The normalized spacial score (nSPS) is 19.0. The lowest BCUT2D eigenvalue weighted by Gasteiger charge is -2.33. The number of piperidine rings is 1.